The molecule has 7 nitrogen and oxygen atoms in total. The number of nitrogens with one attached hydrogen (secondary N) is 1. The average Bonchev–Trinajstić information content (AvgIpc) is 2.97. The minimum absolute atomic E-state index is 0.128. The van der Waals surface area contributed by atoms with E-state index in [1.807, 2.05) is 6.08 Å². The van der Waals surface area contributed by atoms with Crippen LogP contribution in [0.15, 0.2) is 29.3 Å². The van der Waals surface area contributed by atoms with Gasteiger partial charge in [-0.3, -0.25) is 4.79 Å². The number of aliphatic imine (C=N–C) groups is 1. The minimum Gasteiger partial charge on any atom is -0.475 e. The van der Waals surface area contributed by atoms with Crippen LogP contribution in [0, 0.1) is 0 Å². The number of amides is 1. The fraction of sp³-hybridized carbons (Fsp3) is 0.583. The SMILES string of the molecule is O=C1CN2CCc3cc(NC4CCCCC4)ccc3C2=CC(OC[C@@H]2COCCO2)=N1. The molecule has 1 aromatic rings. The summed E-state index contributed by atoms with van der Waals surface area (Å²) in [6.45, 7) is 3.10. The molecular weight excluding hydrogens is 394 g/mol. The maximum Gasteiger partial charge on any atom is 0.268 e. The molecule has 1 saturated heterocycles. The van der Waals surface area contributed by atoms with Gasteiger partial charge in [0, 0.05) is 29.9 Å². The average molecular weight is 426 g/mol. The standard InChI is InChI=1S/C24H31N3O4/c28-23-14-27-9-8-17-12-19(25-18-4-2-1-3-5-18)6-7-21(17)22(27)13-24(26-23)31-16-20-15-29-10-11-30-20/h6-7,12-13,18,20,25H,1-5,8-11,14-16H2/t20-/m0/s1. The molecule has 1 aliphatic carbocycles. The van der Waals surface area contributed by atoms with Crippen molar-refractivity contribution in [3.8, 4) is 0 Å². The molecule has 7 heteroatoms. The number of carbonyl (C=O) groups is 1. The van der Waals surface area contributed by atoms with Crippen molar-refractivity contribution in [1.29, 1.82) is 0 Å². The first-order valence-electron chi connectivity index (χ1n) is 11.5. The first-order chi connectivity index (χ1) is 15.2. The van der Waals surface area contributed by atoms with Crippen LogP contribution < -0.4 is 5.32 Å². The molecule has 0 unspecified atom stereocenters. The van der Waals surface area contributed by atoms with Crippen molar-refractivity contribution >= 4 is 23.2 Å². The van der Waals surface area contributed by atoms with Gasteiger partial charge in [0.15, 0.2) is 0 Å². The quantitative estimate of drug-likeness (QED) is 0.800. The van der Waals surface area contributed by atoms with Crippen LogP contribution in [0.4, 0.5) is 5.69 Å². The molecule has 4 aliphatic rings. The second-order valence-electron chi connectivity index (χ2n) is 8.77. The molecule has 3 aliphatic heterocycles. The molecule has 1 saturated carbocycles. The van der Waals surface area contributed by atoms with Crippen LogP contribution in [0.2, 0.25) is 0 Å². The maximum absolute atomic E-state index is 12.4. The number of carbonyl (C=O) groups excluding carboxylic acids is 1. The Morgan fingerprint density at radius 1 is 1.19 bits per heavy atom. The second kappa shape index (κ2) is 9.40. The Bertz CT molecular complexity index is 870. The van der Waals surface area contributed by atoms with E-state index in [1.54, 1.807) is 0 Å². The van der Waals surface area contributed by atoms with Gasteiger partial charge in [0.25, 0.3) is 5.91 Å². The third kappa shape index (κ3) is 4.93. The summed E-state index contributed by atoms with van der Waals surface area (Å²) in [5.74, 6) is 0.176. The van der Waals surface area contributed by atoms with E-state index >= 15 is 0 Å². The van der Waals surface area contributed by atoms with Gasteiger partial charge in [-0.15, -0.1) is 0 Å². The van der Waals surface area contributed by atoms with Gasteiger partial charge in [0.05, 0.1) is 32.1 Å². The zero-order valence-corrected chi connectivity index (χ0v) is 18.0. The van der Waals surface area contributed by atoms with Crippen LogP contribution in [0.3, 0.4) is 0 Å². The molecule has 1 N–H and O–H groups in total. The van der Waals surface area contributed by atoms with Crippen LogP contribution in [-0.4, -0.2) is 68.4 Å². The normalized spacial score (nSPS) is 24.5. The number of fused-ring (bicyclic) bond motifs is 3. The molecule has 0 aromatic heterocycles. The Balaban J connectivity index is 1.33. The third-order valence-electron chi connectivity index (χ3n) is 6.47. The fourth-order valence-electron chi connectivity index (χ4n) is 4.86. The van der Waals surface area contributed by atoms with Crippen LogP contribution in [-0.2, 0) is 25.4 Å². The molecule has 166 valence electrons. The van der Waals surface area contributed by atoms with E-state index in [9.17, 15) is 4.79 Å². The molecule has 31 heavy (non-hydrogen) atoms. The number of benzene rings is 1. The monoisotopic (exact) mass is 425 g/mol. The van der Waals surface area contributed by atoms with E-state index < -0.39 is 0 Å². The first-order valence-corrected chi connectivity index (χ1v) is 11.5. The van der Waals surface area contributed by atoms with Crippen molar-refractivity contribution in [3.63, 3.8) is 0 Å². The number of nitrogens with zero attached hydrogens (tertiary/aromatic N) is 2. The molecular formula is C24H31N3O4. The molecule has 0 spiro atoms. The molecule has 1 atom stereocenters. The molecule has 5 rings (SSSR count). The number of rotatable bonds is 4. The van der Waals surface area contributed by atoms with E-state index in [2.05, 4.69) is 33.4 Å². The summed E-state index contributed by atoms with van der Waals surface area (Å²) in [6.07, 6.45) is 9.20. The molecule has 1 amide bonds. The Morgan fingerprint density at radius 2 is 2.10 bits per heavy atom. The van der Waals surface area contributed by atoms with Crippen molar-refractivity contribution in [2.24, 2.45) is 4.99 Å². The lowest BCUT2D eigenvalue weighted by atomic mass is 9.93. The van der Waals surface area contributed by atoms with Crippen LogP contribution in [0.5, 0.6) is 0 Å². The van der Waals surface area contributed by atoms with E-state index in [1.165, 1.54) is 43.4 Å². The van der Waals surface area contributed by atoms with Gasteiger partial charge in [0.2, 0.25) is 5.90 Å². The highest BCUT2D eigenvalue weighted by Gasteiger charge is 2.27. The molecule has 1 aromatic carbocycles. The zero-order valence-electron chi connectivity index (χ0n) is 18.0. The van der Waals surface area contributed by atoms with Crippen molar-refractivity contribution in [3.05, 3.63) is 35.4 Å². The van der Waals surface area contributed by atoms with Gasteiger partial charge in [0.1, 0.15) is 12.7 Å². The summed E-state index contributed by atoms with van der Waals surface area (Å²) in [5.41, 5.74) is 4.67. The number of anilines is 1. The Morgan fingerprint density at radius 3 is 2.94 bits per heavy atom. The topological polar surface area (TPSA) is 72.4 Å². The summed E-state index contributed by atoms with van der Waals surface area (Å²) < 4.78 is 16.9. The second-order valence-corrected chi connectivity index (χ2v) is 8.77. The highest BCUT2D eigenvalue weighted by atomic mass is 16.6. The molecule has 2 fully saturated rings. The largest absolute Gasteiger partial charge is 0.475 e. The lowest BCUT2D eigenvalue weighted by Crippen LogP contribution is -2.33. The van der Waals surface area contributed by atoms with Gasteiger partial charge in [-0.25, -0.2) is 0 Å². The summed E-state index contributed by atoms with van der Waals surface area (Å²) in [6, 6.07) is 7.19. The first kappa shape index (κ1) is 20.5. The third-order valence-corrected chi connectivity index (χ3v) is 6.47. The van der Waals surface area contributed by atoms with E-state index in [-0.39, 0.29) is 18.6 Å². The van der Waals surface area contributed by atoms with Gasteiger partial charge in [-0.2, -0.15) is 4.99 Å². The number of hydrogen-bond donors (Lipinski definition) is 1. The smallest absolute Gasteiger partial charge is 0.268 e. The zero-order chi connectivity index (χ0) is 21.0. The van der Waals surface area contributed by atoms with Crippen molar-refractivity contribution in [1.82, 2.24) is 4.90 Å². The van der Waals surface area contributed by atoms with Gasteiger partial charge >= 0.3 is 0 Å². The van der Waals surface area contributed by atoms with Crippen LogP contribution >= 0.6 is 0 Å². The lowest BCUT2D eigenvalue weighted by molar-refractivity contribution is -0.118. The van der Waals surface area contributed by atoms with Crippen LogP contribution in [0.1, 0.15) is 43.2 Å². The Hall–Kier alpha value is -2.38. The summed E-state index contributed by atoms with van der Waals surface area (Å²) in [4.78, 5) is 18.7. The summed E-state index contributed by atoms with van der Waals surface area (Å²) >= 11 is 0. The summed E-state index contributed by atoms with van der Waals surface area (Å²) in [7, 11) is 0. The minimum atomic E-state index is -0.180. The van der Waals surface area contributed by atoms with Gasteiger partial charge in [-0.1, -0.05) is 25.3 Å². The van der Waals surface area contributed by atoms with E-state index in [4.69, 9.17) is 14.2 Å². The Labute approximate surface area is 183 Å². The Kier molecular flexibility index (Phi) is 6.22. The van der Waals surface area contributed by atoms with Gasteiger partial charge in [-0.05, 0) is 37.0 Å². The highest BCUT2D eigenvalue weighted by molar-refractivity contribution is 6.04. The fourth-order valence-corrected chi connectivity index (χ4v) is 4.86. The van der Waals surface area contributed by atoms with Crippen molar-refractivity contribution in [2.45, 2.75) is 50.7 Å². The maximum atomic E-state index is 12.4. The number of hydrogen-bond acceptors (Lipinski definition) is 6. The molecule has 3 heterocycles. The lowest BCUT2D eigenvalue weighted by Gasteiger charge is -2.32. The van der Waals surface area contributed by atoms with Gasteiger partial charge < -0.3 is 24.4 Å². The molecule has 0 bridgehead atoms. The van der Waals surface area contributed by atoms with Crippen LogP contribution in [0.25, 0.3) is 5.70 Å². The van der Waals surface area contributed by atoms with Crippen molar-refractivity contribution in [2.75, 3.05) is 44.8 Å². The van der Waals surface area contributed by atoms with Crippen molar-refractivity contribution < 1.29 is 19.0 Å². The predicted molar refractivity (Wildman–Crippen MR) is 119 cm³/mol. The van der Waals surface area contributed by atoms with E-state index in [0.717, 1.165) is 24.2 Å². The molecule has 0 radical (unpaired) electrons. The highest BCUT2D eigenvalue weighted by Crippen LogP contribution is 2.32. The van der Waals surface area contributed by atoms with E-state index in [0.29, 0.717) is 38.4 Å². The number of ether oxygens (including phenoxy) is 3. The predicted octanol–water partition coefficient (Wildman–Crippen LogP) is 3.00. The summed E-state index contributed by atoms with van der Waals surface area (Å²) in [5, 5.41) is 3.73.